The SMILES string of the molecule is CCC(C)(Pc1ccc(C)cc1CN(C)C)c1cccc(C)c1O. The molecule has 0 aliphatic heterocycles. The van der Waals surface area contributed by atoms with Gasteiger partial charge in [0.25, 0.3) is 0 Å². The van der Waals surface area contributed by atoms with Gasteiger partial charge in [0, 0.05) is 17.3 Å². The first kappa shape index (κ1) is 19.0. The highest BCUT2D eigenvalue weighted by Crippen LogP contribution is 2.48. The Hall–Kier alpha value is -1.37. The first-order valence-corrected chi connectivity index (χ1v) is 9.58. The maximum Gasteiger partial charge on any atom is 0.122 e. The molecule has 0 saturated carbocycles. The molecule has 2 aromatic carbocycles. The van der Waals surface area contributed by atoms with Gasteiger partial charge in [0.15, 0.2) is 0 Å². The van der Waals surface area contributed by atoms with E-state index in [-0.39, 0.29) is 5.16 Å². The van der Waals surface area contributed by atoms with Gasteiger partial charge < -0.3 is 10.0 Å². The molecule has 2 nitrogen and oxygen atoms in total. The molecule has 130 valence electrons. The number of rotatable bonds is 6. The minimum atomic E-state index is -0.0492. The zero-order valence-corrected chi connectivity index (χ0v) is 16.8. The van der Waals surface area contributed by atoms with Crippen molar-refractivity contribution in [1.29, 1.82) is 0 Å². The summed E-state index contributed by atoms with van der Waals surface area (Å²) >= 11 is 0. The summed E-state index contributed by atoms with van der Waals surface area (Å²) in [7, 11) is 4.85. The fourth-order valence-electron chi connectivity index (χ4n) is 3.06. The van der Waals surface area contributed by atoms with Crippen molar-refractivity contribution in [2.24, 2.45) is 0 Å². The molecular formula is C21H30NOP. The van der Waals surface area contributed by atoms with Crippen molar-refractivity contribution < 1.29 is 5.11 Å². The van der Waals surface area contributed by atoms with E-state index in [2.05, 4.69) is 70.1 Å². The number of aryl methyl sites for hydroxylation is 2. The second kappa shape index (κ2) is 7.68. The quantitative estimate of drug-likeness (QED) is 0.769. The highest BCUT2D eigenvalue weighted by atomic mass is 31.1. The number of para-hydroxylation sites is 1. The molecular weight excluding hydrogens is 313 g/mol. The van der Waals surface area contributed by atoms with E-state index in [1.54, 1.807) is 0 Å². The molecule has 2 atom stereocenters. The van der Waals surface area contributed by atoms with Gasteiger partial charge in [-0.1, -0.05) is 64.4 Å². The highest BCUT2D eigenvalue weighted by molar-refractivity contribution is 7.48. The Morgan fingerprint density at radius 2 is 1.83 bits per heavy atom. The van der Waals surface area contributed by atoms with Crippen molar-refractivity contribution in [2.45, 2.75) is 45.8 Å². The molecule has 0 aliphatic rings. The smallest absolute Gasteiger partial charge is 0.122 e. The second-order valence-electron chi connectivity index (χ2n) is 7.18. The Kier molecular flexibility index (Phi) is 6.06. The van der Waals surface area contributed by atoms with Crippen LogP contribution in [0.3, 0.4) is 0 Å². The van der Waals surface area contributed by atoms with Gasteiger partial charge in [-0.05, 0) is 50.8 Å². The molecule has 0 aliphatic carbocycles. The molecule has 24 heavy (non-hydrogen) atoms. The minimum Gasteiger partial charge on any atom is -0.507 e. The number of phenolic OH excluding ortho intramolecular Hbond substituents is 1. The van der Waals surface area contributed by atoms with Crippen LogP contribution in [0.15, 0.2) is 36.4 Å². The largest absolute Gasteiger partial charge is 0.507 e. The average molecular weight is 343 g/mol. The van der Waals surface area contributed by atoms with E-state index in [9.17, 15) is 5.11 Å². The van der Waals surface area contributed by atoms with Crippen LogP contribution >= 0.6 is 8.58 Å². The van der Waals surface area contributed by atoms with Crippen molar-refractivity contribution >= 4 is 13.9 Å². The van der Waals surface area contributed by atoms with Gasteiger partial charge in [0.2, 0.25) is 0 Å². The number of hydrogen-bond donors (Lipinski definition) is 1. The van der Waals surface area contributed by atoms with Gasteiger partial charge >= 0.3 is 0 Å². The lowest BCUT2D eigenvalue weighted by Crippen LogP contribution is -2.22. The summed E-state index contributed by atoms with van der Waals surface area (Å²) in [5.41, 5.74) is 4.72. The van der Waals surface area contributed by atoms with Crippen molar-refractivity contribution in [1.82, 2.24) is 4.90 Å². The zero-order valence-electron chi connectivity index (χ0n) is 15.8. The summed E-state index contributed by atoms with van der Waals surface area (Å²) < 4.78 is 0. The summed E-state index contributed by atoms with van der Waals surface area (Å²) in [5.74, 6) is 0.454. The van der Waals surface area contributed by atoms with Gasteiger partial charge in [0.05, 0.1) is 0 Å². The zero-order chi connectivity index (χ0) is 17.9. The standard InChI is InChI=1S/C21H30NOP/c1-7-21(4,18-10-8-9-16(3)20(18)23)24-19-12-11-15(2)13-17(19)14-22(5)6/h8-13,23-24H,7,14H2,1-6H3. The summed E-state index contributed by atoms with van der Waals surface area (Å²) in [4.78, 5) is 2.22. The van der Waals surface area contributed by atoms with Crippen LogP contribution in [0, 0.1) is 13.8 Å². The van der Waals surface area contributed by atoms with Gasteiger partial charge in [-0.3, -0.25) is 0 Å². The predicted octanol–water partition coefficient (Wildman–Crippen LogP) is 4.70. The third-order valence-electron chi connectivity index (χ3n) is 4.70. The van der Waals surface area contributed by atoms with Crippen LogP contribution in [-0.4, -0.2) is 24.1 Å². The average Bonchev–Trinajstić information content (AvgIpc) is 2.52. The summed E-state index contributed by atoms with van der Waals surface area (Å²) in [6, 6.07) is 12.9. The minimum absolute atomic E-state index is 0.0492. The van der Waals surface area contributed by atoms with Crippen LogP contribution in [0.5, 0.6) is 5.75 Å². The number of phenols is 1. The third-order valence-corrected chi connectivity index (χ3v) is 6.63. The maximum absolute atomic E-state index is 10.6. The Labute approximate surface area is 148 Å². The fraction of sp³-hybridized carbons (Fsp3) is 0.429. The maximum atomic E-state index is 10.6. The molecule has 2 rings (SSSR count). The monoisotopic (exact) mass is 343 g/mol. The van der Waals surface area contributed by atoms with Crippen molar-refractivity contribution in [2.75, 3.05) is 14.1 Å². The van der Waals surface area contributed by atoms with Crippen molar-refractivity contribution in [3.05, 3.63) is 58.7 Å². The van der Waals surface area contributed by atoms with Crippen molar-refractivity contribution in [3.63, 3.8) is 0 Å². The molecule has 3 heteroatoms. The van der Waals surface area contributed by atoms with Crippen LogP contribution < -0.4 is 5.30 Å². The number of nitrogens with zero attached hydrogens (tertiary/aromatic N) is 1. The fourth-order valence-corrected chi connectivity index (χ4v) is 4.65. The molecule has 0 heterocycles. The Morgan fingerprint density at radius 1 is 1.12 bits per heavy atom. The van der Waals surface area contributed by atoms with Gasteiger partial charge in [-0.15, -0.1) is 0 Å². The Bertz CT molecular complexity index is 711. The molecule has 0 aromatic heterocycles. The van der Waals surface area contributed by atoms with E-state index in [1.807, 2.05) is 13.0 Å². The molecule has 2 unspecified atom stereocenters. The van der Waals surface area contributed by atoms with E-state index in [1.165, 1.54) is 16.4 Å². The highest BCUT2D eigenvalue weighted by Gasteiger charge is 2.29. The molecule has 2 aromatic rings. The Morgan fingerprint density at radius 3 is 2.46 bits per heavy atom. The van der Waals surface area contributed by atoms with E-state index in [4.69, 9.17) is 0 Å². The van der Waals surface area contributed by atoms with Gasteiger partial charge in [-0.25, -0.2) is 0 Å². The van der Waals surface area contributed by atoms with E-state index < -0.39 is 0 Å². The van der Waals surface area contributed by atoms with Crippen LogP contribution in [-0.2, 0) is 11.7 Å². The lowest BCUT2D eigenvalue weighted by molar-refractivity contribution is 0.403. The molecule has 0 amide bonds. The van der Waals surface area contributed by atoms with Gasteiger partial charge in [0.1, 0.15) is 5.75 Å². The van der Waals surface area contributed by atoms with E-state index >= 15 is 0 Å². The van der Waals surface area contributed by atoms with Crippen molar-refractivity contribution in [3.8, 4) is 5.75 Å². The lowest BCUT2D eigenvalue weighted by Gasteiger charge is -2.31. The number of hydrogen-bond acceptors (Lipinski definition) is 2. The second-order valence-corrected chi connectivity index (χ2v) is 9.07. The number of benzene rings is 2. The van der Waals surface area contributed by atoms with Crippen LogP contribution in [0.2, 0.25) is 0 Å². The predicted molar refractivity (Wildman–Crippen MR) is 107 cm³/mol. The molecule has 0 radical (unpaired) electrons. The van der Waals surface area contributed by atoms with Gasteiger partial charge in [-0.2, -0.15) is 0 Å². The number of aromatic hydroxyl groups is 1. The topological polar surface area (TPSA) is 23.5 Å². The summed E-state index contributed by atoms with van der Waals surface area (Å²) in [6.45, 7) is 9.57. The lowest BCUT2D eigenvalue weighted by atomic mass is 9.94. The third kappa shape index (κ3) is 4.18. The molecule has 0 spiro atoms. The normalized spacial score (nSPS) is 14.5. The Balaban J connectivity index is 2.45. The molecule has 1 N–H and O–H groups in total. The summed E-state index contributed by atoms with van der Waals surface area (Å²) in [6.07, 6.45) is 0.998. The van der Waals surface area contributed by atoms with Crippen LogP contribution in [0.4, 0.5) is 0 Å². The molecule has 0 bridgehead atoms. The van der Waals surface area contributed by atoms with Crippen LogP contribution in [0.25, 0.3) is 0 Å². The first-order valence-electron chi connectivity index (χ1n) is 8.58. The van der Waals surface area contributed by atoms with Crippen LogP contribution in [0.1, 0.15) is 42.5 Å². The first-order chi connectivity index (χ1) is 11.3. The molecule has 0 saturated heterocycles. The summed E-state index contributed by atoms with van der Waals surface area (Å²) in [5, 5.41) is 12.0. The van der Waals surface area contributed by atoms with E-state index in [0.717, 1.165) is 24.1 Å². The molecule has 0 fully saturated rings. The van der Waals surface area contributed by atoms with E-state index in [0.29, 0.717) is 14.3 Å².